The number of ether oxygens (including phenoxy) is 1. The van der Waals surface area contributed by atoms with Crippen LogP contribution in [0.1, 0.15) is 25.0 Å². The number of hydrogen-bond donors (Lipinski definition) is 2. The molecule has 0 aliphatic heterocycles. The lowest BCUT2D eigenvalue weighted by atomic mass is 10.1. The predicted octanol–water partition coefficient (Wildman–Crippen LogP) is 2.99. The van der Waals surface area contributed by atoms with E-state index >= 15 is 0 Å². The Hall–Kier alpha value is -3.42. The van der Waals surface area contributed by atoms with Gasteiger partial charge < -0.3 is 15.4 Å². The molecule has 0 saturated heterocycles. The zero-order chi connectivity index (χ0) is 21.2. The van der Waals surface area contributed by atoms with E-state index in [4.69, 9.17) is 4.74 Å². The highest BCUT2D eigenvalue weighted by Crippen LogP contribution is 2.12. The molecule has 2 aromatic carbocycles. The van der Waals surface area contributed by atoms with Gasteiger partial charge in [-0.05, 0) is 49.2 Å². The van der Waals surface area contributed by atoms with Crippen molar-refractivity contribution in [2.75, 3.05) is 13.1 Å². The molecule has 0 saturated carbocycles. The van der Waals surface area contributed by atoms with E-state index < -0.39 is 0 Å². The summed E-state index contributed by atoms with van der Waals surface area (Å²) in [7, 11) is 0. The van der Waals surface area contributed by atoms with Crippen molar-refractivity contribution in [3.8, 4) is 5.75 Å². The molecule has 0 amide bonds. The van der Waals surface area contributed by atoms with Gasteiger partial charge in [0, 0.05) is 6.54 Å². The van der Waals surface area contributed by atoms with Crippen LogP contribution >= 0.6 is 0 Å². The van der Waals surface area contributed by atoms with Crippen LogP contribution in [0, 0.1) is 5.82 Å². The minimum Gasteiger partial charge on any atom is -0.489 e. The first-order chi connectivity index (χ1) is 14.6. The van der Waals surface area contributed by atoms with Crippen LogP contribution in [-0.2, 0) is 13.1 Å². The van der Waals surface area contributed by atoms with Gasteiger partial charge in [-0.15, -0.1) is 0 Å². The lowest BCUT2D eigenvalue weighted by Gasteiger charge is -2.17. The molecule has 0 aliphatic rings. The Morgan fingerprint density at radius 2 is 1.97 bits per heavy atom. The van der Waals surface area contributed by atoms with E-state index in [-0.39, 0.29) is 11.9 Å². The fraction of sp³-hybridized carbons (Fsp3) is 0.318. The van der Waals surface area contributed by atoms with Crippen LogP contribution in [0.25, 0.3) is 0 Å². The zero-order valence-corrected chi connectivity index (χ0v) is 17.3. The summed E-state index contributed by atoms with van der Waals surface area (Å²) >= 11 is 0. The largest absolute Gasteiger partial charge is 0.489 e. The van der Waals surface area contributed by atoms with Gasteiger partial charge in [0.1, 0.15) is 30.3 Å². The summed E-state index contributed by atoms with van der Waals surface area (Å²) in [5.74, 6) is 1.07. The maximum Gasteiger partial charge on any atom is 0.191 e. The quantitative estimate of drug-likeness (QED) is 0.419. The lowest BCUT2D eigenvalue weighted by Crippen LogP contribution is -2.41. The number of hydrogen-bond acceptors (Lipinski definition) is 4. The molecule has 0 fully saturated rings. The summed E-state index contributed by atoms with van der Waals surface area (Å²) in [5.41, 5.74) is 2.26. The van der Waals surface area contributed by atoms with Crippen molar-refractivity contribution in [1.82, 2.24) is 25.4 Å². The van der Waals surface area contributed by atoms with Gasteiger partial charge in [0.05, 0.1) is 19.6 Å². The van der Waals surface area contributed by atoms with E-state index in [9.17, 15) is 4.39 Å². The molecule has 1 unspecified atom stereocenters. The fourth-order valence-corrected chi connectivity index (χ4v) is 2.87. The topological polar surface area (TPSA) is 76.4 Å². The van der Waals surface area contributed by atoms with Crippen molar-refractivity contribution in [1.29, 1.82) is 0 Å². The molecule has 1 atom stereocenters. The van der Waals surface area contributed by atoms with Crippen LogP contribution in [0.15, 0.2) is 66.2 Å². The van der Waals surface area contributed by atoms with Gasteiger partial charge in [-0.25, -0.2) is 19.0 Å². The highest BCUT2D eigenvalue weighted by molar-refractivity contribution is 5.79. The summed E-state index contributed by atoms with van der Waals surface area (Å²) < 4.78 is 20.6. The minimum atomic E-state index is -0.278. The average Bonchev–Trinajstić information content (AvgIpc) is 3.25. The summed E-state index contributed by atoms with van der Waals surface area (Å²) in [4.78, 5) is 8.64. The Morgan fingerprint density at radius 1 is 1.17 bits per heavy atom. The number of nitrogens with zero attached hydrogens (tertiary/aromatic N) is 4. The number of halogens is 1. The summed E-state index contributed by atoms with van der Waals surface area (Å²) in [6, 6.07) is 14.3. The second kappa shape index (κ2) is 10.9. The van der Waals surface area contributed by atoms with Gasteiger partial charge in [0.25, 0.3) is 0 Å². The van der Waals surface area contributed by atoms with Gasteiger partial charge in [0.15, 0.2) is 5.96 Å². The number of nitrogens with one attached hydrogen (secondary N) is 2. The molecular formula is C22H27FN6O. The first kappa shape index (κ1) is 21.3. The molecule has 0 spiro atoms. The summed E-state index contributed by atoms with van der Waals surface area (Å²) in [6.45, 7) is 6.52. The van der Waals surface area contributed by atoms with Crippen LogP contribution in [0.4, 0.5) is 4.39 Å². The highest BCUT2D eigenvalue weighted by Gasteiger charge is 2.06. The van der Waals surface area contributed by atoms with E-state index in [0.29, 0.717) is 31.3 Å². The number of rotatable bonds is 9. The van der Waals surface area contributed by atoms with E-state index in [1.54, 1.807) is 23.1 Å². The van der Waals surface area contributed by atoms with Gasteiger partial charge in [-0.3, -0.25) is 0 Å². The Balaban J connectivity index is 1.54. The van der Waals surface area contributed by atoms with Crippen LogP contribution in [0.3, 0.4) is 0 Å². The molecule has 3 rings (SSSR count). The second-order valence-electron chi connectivity index (χ2n) is 6.87. The Labute approximate surface area is 176 Å². The van der Waals surface area contributed by atoms with E-state index in [1.807, 2.05) is 19.9 Å². The smallest absolute Gasteiger partial charge is 0.191 e. The molecule has 158 valence electrons. The molecular weight excluding hydrogens is 383 g/mol. The predicted molar refractivity (Wildman–Crippen MR) is 115 cm³/mol. The molecule has 7 nitrogen and oxygen atoms in total. The van der Waals surface area contributed by atoms with Gasteiger partial charge >= 0.3 is 0 Å². The summed E-state index contributed by atoms with van der Waals surface area (Å²) in [6.07, 6.45) is 3.13. The molecule has 30 heavy (non-hydrogen) atoms. The number of aliphatic imine (C=N–C) groups is 1. The third kappa shape index (κ3) is 6.88. The Bertz CT molecular complexity index is 927. The molecule has 0 aliphatic carbocycles. The monoisotopic (exact) mass is 410 g/mol. The van der Waals surface area contributed by atoms with Crippen molar-refractivity contribution in [2.24, 2.45) is 4.99 Å². The van der Waals surface area contributed by atoms with Crippen LogP contribution in [0.5, 0.6) is 5.75 Å². The molecule has 1 heterocycles. The van der Waals surface area contributed by atoms with E-state index in [0.717, 1.165) is 17.7 Å². The number of benzene rings is 2. The van der Waals surface area contributed by atoms with Crippen molar-refractivity contribution in [3.63, 3.8) is 0 Å². The van der Waals surface area contributed by atoms with Crippen molar-refractivity contribution < 1.29 is 9.13 Å². The van der Waals surface area contributed by atoms with Gasteiger partial charge in [-0.1, -0.05) is 24.3 Å². The number of guanidine groups is 1. The van der Waals surface area contributed by atoms with Crippen LogP contribution < -0.4 is 15.4 Å². The molecule has 0 bridgehead atoms. The standard InChI is InChI=1S/C22H27FN6O/c1-3-25-22(26-12-17(2)30-21-9-7-20(23)8-10-21)27-13-18-5-4-6-19(11-18)14-29-16-24-15-28-29/h4-11,15-17H,3,12-14H2,1-2H3,(H2,25,26,27). The third-order valence-corrected chi connectivity index (χ3v) is 4.27. The molecule has 0 radical (unpaired) electrons. The first-order valence-electron chi connectivity index (χ1n) is 9.97. The van der Waals surface area contributed by atoms with E-state index in [2.05, 4.69) is 43.9 Å². The second-order valence-corrected chi connectivity index (χ2v) is 6.87. The highest BCUT2D eigenvalue weighted by atomic mass is 19.1. The average molecular weight is 410 g/mol. The number of aromatic nitrogens is 3. The first-order valence-corrected chi connectivity index (χ1v) is 9.97. The minimum absolute atomic E-state index is 0.106. The lowest BCUT2D eigenvalue weighted by molar-refractivity contribution is 0.223. The van der Waals surface area contributed by atoms with E-state index in [1.165, 1.54) is 18.5 Å². The Morgan fingerprint density at radius 3 is 2.70 bits per heavy atom. The Kier molecular flexibility index (Phi) is 7.77. The molecule has 2 N–H and O–H groups in total. The van der Waals surface area contributed by atoms with Crippen LogP contribution in [0.2, 0.25) is 0 Å². The van der Waals surface area contributed by atoms with Crippen molar-refractivity contribution in [3.05, 3.63) is 78.1 Å². The summed E-state index contributed by atoms with van der Waals surface area (Å²) in [5, 5.41) is 10.7. The van der Waals surface area contributed by atoms with Crippen molar-refractivity contribution in [2.45, 2.75) is 33.0 Å². The molecule has 1 aromatic heterocycles. The zero-order valence-electron chi connectivity index (χ0n) is 17.3. The van der Waals surface area contributed by atoms with Crippen molar-refractivity contribution >= 4 is 5.96 Å². The van der Waals surface area contributed by atoms with Gasteiger partial charge in [0.2, 0.25) is 0 Å². The van der Waals surface area contributed by atoms with Crippen LogP contribution in [-0.4, -0.2) is 39.9 Å². The maximum atomic E-state index is 13.0. The molecule has 8 heteroatoms. The fourth-order valence-electron chi connectivity index (χ4n) is 2.87. The SMILES string of the molecule is CCNC(=NCc1cccc(Cn2cncn2)c1)NCC(C)Oc1ccc(F)cc1. The third-order valence-electron chi connectivity index (χ3n) is 4.27. The maximum absolute atomic E-state index is 13.0. The van der Waals surface area contributed by atoms with Gasteiger partial charge in [-0.2, -0.15) is 5.10 Å². The normalized spacial score (nSPS) is 12.4. The molecule has 3 aromatic rings.